The standard InChI is InChI=1S/C21H24ClN3O/c1-15(2)10-12-24-19-9-8-17(22)14-18(19)21(26,16-6-4-3-5-7-16)25-13-11-23-20(24)25/h3-9,14-15,26H,10-13H2,1-2H3. The Kier molecular flexibility index (Phi) is 4.41. The van der Waals surface area contributed by atoms with E-state index in [0.29, 0.717) is 24.0 Å². The van der Waals surface area contributed by atoms with E-state index in [9.17, 15) is 5.11 Å². The number of hydrogen-bond donors (Lipinski definition) is 1. The Morgan fingerprint density at radius 3 is 2.69 bits per heavy atom. The monoisotopic (exact) mass is 369 g/mol. The van der Waals surface area contributed by atoms with Crippen molar-refractivity contribution in [1.29, 1.82) is 0 Å². The fraction of sp³-hybridized carbons (Fsp3) is 0.381. The van der Waals surface area contributed by atoms with Crippen LogP contribution in [0.5, 0.6) is 0 Å². The van der Waals surface area contributed by atoms with Crippen LogP contribution in [0.25, 0.3) is 0 Å². The van der Waals surface area contributed by atoms with Crippen LogP contribution in [0.3, 0.4) is 0 Å². The third kappa shape index (κ3) is 2.68. The minimum Gasteiger partial charge on any atom is -0.363 e. The highest BCUT2D eigenvalue weighted by Crippen LogP contribution is 2.45. The molecular weight excluding hydrogens is 346 g/mol. The van der Waals surface area contributed by atoms with Gasteiger partial charge in [0.25, 0.3) is 0 Å². The van der Waals surface area contributed by atoms with Crippen LogP contribution in [0.2, 0.25) is 5.02 Å². The Balaban J connectivity index is 1.90. The second-order valence-corrected chi connectivity index (χ2v) is 7.80. The zero-order chi connectivity index (χ0) is 18.3. The molecule has 1 atom stereocenters. The second-order valence-electron chi connectivity index (χ2n) is 7.37. The fourth-order valence-electron chi connectivity index (χ4n) is 3.84. The van der Waals surface area contributed by atoms with Gasteiger partial charge in [-0.1, -0.05) is 55.8 Å². The van der Waals surface area contributed by atoms with Gasteiger partial charge < -0.3 is 14.9 Å². The smallest absolute Gasteiger partial charge is 0.204 e. The third-order valence-corrected chi connectivity index (χ3v) is 5.42. The first-order valence-corrected chi connectivity index (χ1v) is 9.57. The average Bonchev–Trinajstić information content (AvgIpc) is 3.13. The van der Waals surface area contributed by atoms with Gasteiger partial charge in [-0.25, -0.2) is 0 Å². The van der Waals surface area contributed by atoms with Gasteiger partial charge in [-0.3, -0.25) is 4.99 Å². The van der Waals surface area contributed by atoms with E-state index in [1.165, 1.54) is 0 Å². The van der Waals surface area contributed by atoms with Crippen molar-refractivity contribution in [3.63, 3.8) is 0 Å². The molecule has 0 amide bonds. The minimum atomic E-state index is -1.26. The number of nitrogens with zero attached hydrogens (tertiary/aromatic N) is 3. The first kappa shape index (κ1) is 17.4. The maximum absolute atomic E-state index is 11.9. The van der Waals surface area contributed by atoms with Crippen LogP contribution in [0, 0.1) is 5.92 Å². The highest BCUT2D eigenvalue weighted by atomic mass is 35.5. The van der Waals surface area contributed by atoms with Crippen LogP contribution in [0.4, 0.5) is 5.69 Å². The van der Waals surface area contributed by atoms with Gasteiger partial charge in [0.05, 0.1) is 12.2 Å². The second kappa shape index (κ2) is 6.60. The van der Waals surface area contributed by atoms with Gasteiger partial charge in [0.1, 0.15) is 0 Å². The SMILES string of the molecule is CC(C)CCN1C2=NCCN2C(O)(c2ccccc2)c2cc(Cl)ccc21. The normalized spacial score (nSPS) is 21.7. The van der Waals surface area contributed by atoms with E-state index < -0.39 is 5.72 Å². The molecule has 0 radical (unpaired) electrons. The van der Waals surface area contributed by atoms with Gasteiger partial charge in [-0.15, -0.1) is 0 Å². The van der Waals surface area contributed by atoms with Crippen molar-refractivity contribution < 1.29 is 5.11 Å². The van der Waals surface area contributed by atoms with Crippen LogP contribution in [-0.2, 0) is 5.72 Å². The van der Waals surface area contributed by atoms with Crippen molar-refractivity contribution >= 4 is 23.2 Å². The number of halogens is 1. The number of hydrogen-bond acceptors (Lipinski definition) is 4. The Bertz CT molecular complexity index is 836. The average molecular weight is 370 g/mol. The third-order valence-electron chi connectivity index (χ3n) is 5.18. The summed E-state index contributed by atoms with van der Waals surface area (Å²) in [4.78, 5) is 8.98. The molecule has 0 bridgehead atoms. The molecule has 136 valence electrons. The summed E-state index contributed by atoms with van der Waals surface area (Å²) in [5, 5.41) is 12.6. The number of aliphatic imine (C=N–C) groups is 1. The lowest BCUT2D eigenvalue weighted by atomic mass is 9.89. The number of rotatable bonds is 4. The van der Waals surface area contributed by atoms with Crippen molar-refractivity contribution in [2.24, 2.45) is 10.9 Å². The molecule has 2 heterocycles. The van der Waals surface area contributed by atoms with Crippen LogP contribution in [0.1, 0.15) is 31.4 Å². The first-order chi connectivity index (χ1) is 12.5. The van der Waals surface area contributed by atoms with E-state index in [1.54, 1.807) is 0 Å². The van der Waals surface area contributed by atoms with Gasteiger partial charge in [-0.2, -0.15) is 0 Å². The van der Waals surface area contributed by atoms with E-state index in [1.807, 2.05) is 53.4 Å². The quantitative estimate of drug-likeness (QED) is 0.882. The van der Waals surface area contributed by atoms with Gasteiger partial charge in [0.15, 0.2) is 5.72 Å². The predicted octanol–water partition coefficient (Wildman–Crippen LogP) is 4.07. The van der Waals surface area contributed by atoms with Gasteiger partial charge >= 0.3 is 0 Å². The lowest BCUT2D eigenvalue weighted by molar-refractivity contribution is -0.0359. The summed E-state index contributed by atoms with van der Waals surface area (Å²) in [6.07, 6.45) is 1.05. The molecule has 2 aliphatic heterocycles. The first-order valence-electron chi connectivity index (χ1n) is 9.19. The summed E-state index contributed by atoms with van der Waals surface area (Å²) in [7, 11) is 0. The van der Waals surface area contributed by atoms with Crippen LogP contribution in [0.15, 0.2) is 53.5 Å². The maximum Gasteiger partial charge on any atom is 0.204 e. The summed E-state index contributed by atoms with van der Waals surface area (Å²) in [5.41, 5.74) is 1.38. The van der Waals surface area contributed by atoms with Gasteiger partial charge in [0, 0.05) is 29.2 Å². The number of fused-ring (bicyclic) bond motifs is 2. The van der Waals surface area contributed by atoms with Crippen molar-refractivity contribution in [2.45, 2.75) is 26.0 Å². The highest BCUT2D eigenvalue weighted by Gasteiger charge is 2.49. The maximum atomic E-state index is 11.9. The zero-order valence-corrected chi connectivity index (χ0v) is 15.9. The van der Waals surface area contributed by atoms with Crippen molar-refractivity contribution in [3.05, 3.63) is 64.7 Å². The topological polar surface area (TPSA) is 39.1 Å². The molecule has 0 saturated carbocycles. The fourth-order valence-corrected chi connectivity index (χ4v) is 4.01. The summed E-state index contributed by atoms with van der Waals surface area (Å²) < 4.78 is 0. The molecule has 0 aromatic heterocycles. The Labute approximate surface area is 159 Å². The van der Waals surface area contributed by atoms with E-state index >= 15 is 0 Å². The van der Waals surface area contributed by atoms with Crippen LogP contribution >= 0.6 is 11.6 Å². The van der Waals surface area contributed by atoms with Crippen LogP contribution < -0.4 is 4.90 Å². The molecule has 0 fully saturated rings. The van der Waals surface area contributed by atoms with E-state index in [2.05, 4.69) is 18.7 Å². The molecule has 0 saturated heterocycles. The Hall–Kier alpha value is -2.04. The molecule has 2 aliphatic rings. The Morgan fingerprint density at radius 2 is 1.96 bits per heavy atom. The molecule has 26 heavy (non-hydrogen) atoms. The van der Waals surface area contributed by atoms with Crippen molar-refractivity contribution in [1.82, 2.24) is 4.90 Å². The summed E-state index contributed by atoms with van der Waals surface area (Å²) >= 11 is 6.33. The molecule has 4 nitrogen and oxygen atoms in total. The lowest BCUT2D eigenvalue weighted by Crippen LogP contribution is -2.58. The van der Waals surface area contributed by atoms with Gasteiger partial charge in [0.2, 0.25) is 5.96 Å². The number of guanidine groups is 1. The largest absolute Gasteiger partial charge is 0.363 e. The Morgan fingerprint density at radius 1 is 1.19 bits per heavy atom. The highest BCUT2D eigenvalue weighted by molar-refractivity contribution is 6.30. The summed E-state index contributed by atoms with van der Waals surface area (Å²) in [6.45, 7) is 6.68. The molecular formula is C21H24ClN3O. The zero-order valence-electron chi connectivity index (χ0n) is 15.2. The molecule has 0 aliphatic carbocycles. The van der Waals surface area contributed by atoms with E-state index in [-0.39, 0.29) is 0 Å². The predicted molar refractivity (Wildman–Crippen MR) is 107 cm³/mol. The summed E-state index contributed by atoms with van der Waals surface area (Å²) in [5.74, 6) is 1.45. The van der Waals surface area contributed by atoms with E-state index in [4.69, 9.17) is 16.6 Å². The molecule has 0 spiro atoms. The number of aliphatic hydroxyl groups is 1. The van der Waals surface area contributed by atoms with Crippen molar-refractivity contribution in [2.75, 3.05) is 24.5 Å². The number of benzene rings is 2. The number of anilines is 1. The molecule has 4 rings (SSSR count). The van der Waals surface area contributed by atoms with Crippen molar-refractivity contribution in [3.8, 4) is 0 Å². The molecule has 2 aromatic carbocycles. The van der Waals surface area contributed by atoms with E-state index in [0.717, 1.165) is 35.7 Å². The molecule has 2 aromatic rings. The molecule has 5 heteroatoms. The van der Waals surface area contributed by atoms with Gasteiger partial charge in [-0.05, 0) is 30.5 Å². The molecule has 1 N–H and O–H groups in total. The minimum absolute atomic E-state index is 0.594. The molecule has 1 unspecified atom stereocenters. The lowest BCUT2D eigenvalue weighted by Gasteiger charge is -2.48. The van der Waals surface area contributed by atoms with Crippen LogP contribution in [-0.4, -0.2) is 35.6 Å². The summed E-state index contributed by atoms with van der Waals surface area (Å²) in [6, 6.07) is 15.6.